The van der Waals surface area contributed by atoms with Crippen LogP contribution < -0.4 is 4.90 Å². The van der Waals surface area contributed by atoms with E-state index in [9.17, 15) is 4.79 Å². The highest BCUT2D eigenvalue weighted by molar-refractivity contribution is 5.96. The number of hydrogen-bond acceptors (Lipinski definition) is 3. The van der Waals surface area contributed by atoms with Crippen molar-refractivity contribution < 1.29 is 4.79 Å². The van der Waals surface area contributed by atoms with Gasteiger partial charge in [-0.2, -0.15) is 0 Å². The van der Waals surface area contributed by atoms with Crippen molar-refractivity contribution in [2.75, 3.05) is 11.4 Å². The lowest BCUT2D eigenvalue weighted by molar-refractivity contribution is -0.107. The maximum atomic E-state index is 10.9. The van der Waals surface area contributed by atoms with Gasteiger partial charge in [-0.3, -0.25) is 4.99 Å². The van der Waals surface area contributed by atoms with Crippen molar-refractivity contribution in [1.29, 1.82) is 0 Å². The largest absolute Gasteiger partial charge is 0.344 e. The molecule has 1 aromatic carbocycles. The first-order valence-corrected chi connectivity index (χ1v) is 4.65. The first-order chi connectivity index (χ1) is 7.36. The molecule has 0 N–H and O–H groups in total. The molecule has 1 heterocycles. The summed E-state index contributed by atoms with van der Waals surface area (Å²) in [4.78, 5) is 16.9. The van der Waals surface area contributed by atoms with Gasteiger partial charge in [0.05, 0.1) is 17.9 Å². The van der Waals surface area contributed by atoms with Gasteiger partial charge in [-0.15, -0.1) is 6.42 Å². The molecule has 1 aliphatic heterocycles. The van der Waals surface area contributed by atoms with Crippen LogP contribution in [0.15, 0.2) is 29.3 Å². The Hall–Kier alpha value is -2.08. The van der Waals surface area contributed by atoms with Crippen molar-refractivity contribution in [3.63, 3.8) is 0 Å². The Bertz CT molecular complexity index is 445. The molecule has 1 aromatic rings. The van der Waals surface area contributed by atoms with E-state index in [-0.39, 0.29) is 6.04 Å². The lowest BCUT2D eigenvalue weighted by Crippen LogP contribution is -2.39. The second-order valence-electron chi connectivity index (χ2n) is 3.23. The molecular weight excluding hydrogens is 188 g/mol. The summed E-state index contributed by atoms with van der Waals surface area (Å²) >= 11 is 0. The summed E-state index contributed by atoms with van der Waals surface area (Å²) in [7, 11) is 0. The first kappa shape index (κ1) is 9.47. The predicted molar refractivity (Wildman–Crippen MR) is 60.6 cm³/mol. The van der Waals surface area contributed by atoms with Crippen molar-refractivity contribution in [2.45, 2.75) is 6.04 Å². The molecule has 0 saturated heterocycles. The molecule has 0 radical (unpaired) electrons. The fourth-order valence-corrected chi connectivity index (χ4v) is 1.61. The molecule has 74 valence electrons. The van der Waals surface area contributed by atoms with Gasteiger partial charge in [-0.1, -0.05) is 18.1 Å². The lowest BCUT2D eigenvalue weighted by atomic mass is 10.1. The van der Waals surface area contributed by atoms with Crippen molar-refractivity contribution in [3.8, 4) is 12.3 Å². The van der Waals surface area contributed by atoms with E-state index in [4.69, 9.17) is 6.42 Å². The molecular formula is C12H10N2O. The van der Waals surface area contributed by atoms with Gasteiger partial charge in [0.2, 0.25) is 0 Å². The Morgan fingerprint density at radius 2 is 2.33 bits per heavy atom. The van der Waals surface area contributed by atoms with E-state index < -0.39 is 0 Å². The Morgan fingerprint density at radius 1 is 1.53 bits per heavy atom. The van der Waals surface area contributed by atoms with Gasteiger partial charge < -0.3 is 9.69 Å². The number of para-hydroxylation sites is 2. The molecule has 1 unspecified atom stereocenters. The molecule has 0 aliphatic carbocycles. The van der Waals surface area contributed by atoms with E-state index in [1.54, 1.807) is 6.21 Å². The zero-order chi connectivity index (χ0) is 10.7. The van der Waals surface area contributed by atoms with E-state index in [2.05, 4.69) is 10.9 Å². The number of fused-ring (bicyclic) bond motifs is 1. The van der Waals surface area contributed by atoms with Gasteiger partial charge >= 0.3 is 0 Å². The molecule has 0 fully saturated rings. The zero-order valence-electron chi connectivity index (χ0n) is 8.13. The Kier molecular flexibility index (Phi) is 2.51. The number of benzene rings is 1. The minimum absolute atomic E-state index is 0.351. The highest BCUT2D eigenvalue weighted by Crippen LogP contribution is 2.31. The van der Waals surface area contributed by atoms with Crippen LogP contribution in [0.3, 0.4) is 0 Å². The van der Waals surface area contributed by atoms with Crippen LogP contribution in [0.4, 0.5) is 11.4 Å². The standard InChI is InChI=1S/C12H10N2O/c1-2-7-14-10(9-15)8-13-11-5-3-4-6-12(11)14/h1,3-6,8-10H,7H2. The van der Waals surface area contributed by atoms with E-state index in [0.29, 0.717) is 6.54 Å². The molecule has 3 heteroatoms. The van der Waals surface area contributed by atoms with Gasteiger partial charge in [-0.05, 0) is 12.1 Å². The minimum Gasteiger partial charge on any atom is -0.344 e. The molecule has 3 nitrogen and oxygen atoms in total. The molecule has 15 heavy (non-hydrogen) atoms. The molecule has 0 amide bonds. The van der Waals surface area contributed by atoms with Crippen LogP contribution >= 0.6 is 0 Å². The quantitative estimate of drug-likeness (QED) is 0.531. The summed E-state index contributed by atoms with van der Waals surface area (Å²) in [5.41, 5.74) is 1.76. The van der Waals surface area contributed by atoms with E-state index in [1.165, 1.54) is 0 Å². The smallest absolute Gasteiger partial charge is 0.147 e. The van der Waals surface area contributed by atoms with Crippen LogP contribution in [0.25, 0.3) is 0 Å². The van der Waals surface area contributed by atoms with Crippen LogP contribution in [-0.4, -0.2) is 25.1 Å². The van der Waals surface area contributed by atoms with Gasteiger partial charge in [0.25, 0.3) is 0 Å². The maximum Gasteiger partial charge on any atom is 0.147 e. The fourth-order valence-electron chi connectivity index (χ4n) is 1.61. The Labute approximate surface area is 88.4 Å². The SMILES string of the molecule is C#CCN1c2ccccc2N=CC1C=O. The number of terminal acetylenes is 1. The molecule has 1 aliphatic rings. The molecule has 1 atom stereocenters. The Balaban J connectivity index is 2.45. The summed E-state index contributed by atoms with van der Waals surface area (Å²) in [6.07, 6.45) is 7.74. The van der Waals surface area contributed by atoms with Gasteiger partial charge in [0, 0.05) is 6.21 Å². The van der Waals surface area contributed by atoms with Gasteiger partial charge in [-0.25, -0.2) is 0 Å². The molecule has 0 aromatic heterocycles. The van der Waals surface area contributed by atoms with Gasteiger partial charge in [0.15, 0.2) is 0 Å². The average molecular weight is 198 g/mol. The number of hydrogen-bond donors (Lipinski definition) is 0. The lowest BCUT2D eigenvalue weighted by Gasteiger charge is -2.29. The minimum atomic E-state index is -0.351. The summed E-state index contributed by atoms with van der Waals surface area (Å²) in [5, 5.41) is 0. The van der Waals surface area contributed by atoms with Crippen LogP contribution in [0.2, 0.25) is 0 Å². The van der Waals surface area contributed by atoms with Crippen molar-refractivity contribution >= 4 is 23.9 Å². The van der Waals surface area contributed by atoms with Crippen molar-refractivity contribution in [2.24, 2.45) is 4.99 Å². The summed E-state index contributed by atoms with van der Waals surface area (Å²) in [6.45, 7) is 0.409. The maximum absolute atomic E-state index is 10.9. The van der Waals surface area contributed by atoms with Crippen LogP contribution in [-0.2, 0) is 4.79 Å². The topological polar surface area (TPSA) is 32.7 Å². The van der Waals surface area contributed by atoms with E-state index in [1.807, 2.05) is 29.2 Å². The second kappa shape index (κ2) is 3.97. The molecule has 0 saturated carbocycles. The van der Waals surface area contributed by atoms with E-state index in [0.717, 1.165) is 17.7 Å². The summed E-state index contributed by atoms with van der Waals surface area (Å²) in [5.74, 6) is 2.55. The monoisotopic (exact) mass is 198 g/mol. The first-order valence-electron chi connectivity index (χ1n) is 4.65. The van der Waals surface area contributed by atoms with Gasteiger partial charge in [0.1, 0.15) is 12.3 Å². The zero-order valence-corrected chi connectivity index (χ0v) is 8.13. The summed E-state index contributed by atoms with van der Waals surface area (Å²) in [6, 6.07) is 7.28. The fraction of sp³-hybridized carbons (Fsp3) is 0.167. The van der Waals surface area contributed by atoms with Crippen LogP contribution in [0, 0.1) is 12.3 Å². The van der Waals surface area contributed by atoms with E-state index >= 15 is 0 Å². The molecule has 2 rings (SSSR count). The third kappa shape index (κ3) is 1.62. The Morgan fingerprint density at radius 3 is 3.07 bits per heavy atom. The highest BCUT2D eigenvalue weighted by Gasteiger charge is 2.21. The van der Waals surface area contributed by atoms with Crippen molar-refractivity contribution in [3.05, 3.63) is 24.3 Å². The average Bonchev–Trinajstić information content (AvgIpc) is 2.30. The third-order valence-corrected chi connectivity index (χ3v) is 2.32. The second-order valence-corrected chi connectivity index (χ2v) is 3.23. The number of aliphatic imine (C=N–C) groups is 1. The number of aldehydes is 1. The number of rotatable bonds is 2. The number of carbonyl (C=O) groups is 1. The van der Waals surface area contributed by atoms with Crippen LogP contribution in [0.1, 0.15) is 0 Å². The number of nitrogens with zero attached hydrogens (tertiary/aromatic N) is 2. The normalized spacial score (nSPS) is 18.1. The number of carbonyl (C=O) groups excluding carboxylic acids is 1. The summed E-state index contributed by atoms with van der Waals surface area (Å²) < 4.78 is 0. The van der Waals surface area contributed by atoms with Crippen molar-refractivity contribution in [1.82, 2.24) is 0 Å². The predicted octanol–water partition coefficient (Wildman–Crippen LogP) is 1.41. The third-order valence-electron chi connectivity index (χ3n) is 2.32. The highest BCUT2D eigenvalue weighted by atomic mass is 16.1. The molecule has 0 bridgehead atoms. The number of anilines is 1. The molecule has 0 spiro atoms. The van der Waals surface area contributed by atoms with Crippen LogP contribution in [0.5, 0.6) is 0 Å².